The molecule has 0 saturated heterocycles. The quantitative estimate of drug-likeness (QED) is 0.0722. The third-order valence-electron chi connectivity index (χ3n) is 6.08. The van der Waals surface area contributed by atoms with Gasteiger partial charge in [-0.25, -0.2) is 0 Å². The standard InChI is InChI=1S/C28H48N2O10S.6CH4/c1-3-27(36)39-14-6-5-8-22(40-28(37)4-2)18-41-19-23(29)25(34)16-20(17-31)24(33)9-7-13-38-15-12-21(32)10-11-26(30)35;;;;;;/h20,22-23,31H,3-19,29H2,1-2H3,(H2,30,35);6*1H4. The highest BCUT2D eigenvalue weighted by molar-refractivity contribution is 7.99. The molecular weight excluding hydrogens is 628 g/mol. The van der Waals surface area contributed by atoms with Crippen molar-refractivity contribution in [3.63, 3.8) is 0 Å². The lowest BCUT2D eigenvalue weighted by Crippen LogP contribution is -2.36. The fourth-order valence-electron chi connectivity index (χ4n) is 3.53. The summed E-state index contributed by atoms with van der Waals surface area (Å²) in [5.41, 5.74) is 11.0. The molecule has 3 unspecified atom stereocenters. The van der Waals surface area contributed by atoms with Crippen LogP contribution in [0.1, 0.15) is 129 Å². The topological polar surface area (TPSA) is 202 Å². The number of carbonyl (C=O) groups is 6. The van der Waals surface area contributed by atoms with Crippen molar-refractivity contribution in [2.75, 3.05) is 37.9 Å². The summed E-state index contributed by atoms with van der Waals surface area (Å²) in [6.07, 6.45) is 2.69. The maximum absolute atomic E-state index is 12.6. The Balaban J connectivity index is -0.000000533. The van der Waals surface area contributed by atoms with Gasteiger partial charge in [0.15, 0.2) is 5.78 Å². The van der Waals surface area contributed by atoms with Gasteiger partial charge in [0.2, 0.25) is 5.91 Å². The van der Waals surface area contributed by atoms with Crippen LogP contribution in [-0.4, -0.2) is 90.4 Å². The van der Waals surface area contributed by atoms with Crippen LogP contribution in [0.25, 0.3) is 0 Å². The Hall–Kier alpha value is -2.35. The molecule has 0 bridgehead atoms. The van der Waals surface area contributed by atoms with Gasteiger partial charge < -0.3 is 30.8 Å². The highest BCUT2D eigenvalue weighted by atomic mass is 32.2. The lowest BCUT2D eigenvalue weighted by molar-refractivity contribution is -0.148. The van der Waals surface area contributed by atoms with Gasteiger partial charge in [-0.15, -0.1) is 0 Å². The molecule has 0 aliphatic rings. The molecule has 0 aliphatic carbocycles. The number of aliphatic hydroxyl groups is 1. The monoisotopic (exact) mass is 700 g/mol. The van der Waals surface area contributed by atoms with E-state index in [0.717, 1.165) is 0 Å². The van der Waals surface area contributed by atoms with Crippen molar-refractivity contribution in [3.05, 3.63) is 0 Å². The number of aliphatic hydroxyl groups excluding tert-OH is 1. The number of rotatable bonds is 27. The molecule has 0 rings (SSSR count). The van der Waals surface area contributed by atoms with Gasteiger partial charge in [0.1, 0.15) is 17.7 Å². The van der Waals surface area contributed by atoms with Crippen molar-refractivity contribution in [3.8, 4) is 0 Å². The molecule has 13 heteroatoms. The van der Waals surface area contributed by atoms with E-state index in [2.05, 4.69) is 0 Å². The van der Waals surface area contributed by atoms with Crippen molar-refractivity contribution in [1.82, 2.24) is 0 Å². The number of carbonyl (C=O) groups excluding carboxylic acids is 6. The first kappa shape index (κ1) is 60.0. The van der Waals surface area contributed by atoms with E-state index < -0.39 is 24.5 Å². The van der Waals surface area contributed by atoms with Crippen molar-refractivity contribution in [2.24, 2.45) is 17.4 Å². The smallest absolute Gasteiger partial charge is 0.305 e. The predicted molar refractivity (Wildman–Crippen MR) is 194 cm³/mol. The molecule has 0 heterocycles. The number of ketones is 3. The van der Waals surface area contributed by atoms with Crippen molar-refractivity contribution in [1.29, 1.82) is 0 Å². The van der Waals surface area contributed by atoms with Crippen LogP contribution in [-0.2, 0) is 43.0 Å². The molecule has 0 fully saturated rings. The largest absolute Gasteiger partial charge is 0.466 e. The fraction of sp³-hybridized carbons (Fsp3) is 0.824. The molecule has 3 atom stereocenters. The number of nitrogens with two attached hydrogens (primary N) is 2. The molecule has 0 aromatic carbocycles. The summed E-state index contributed by atoms with van der Waals surface area (Å²) in [4.78, 5) is 70.3. The van der Waals surface area contributed by atoms with E-state index in [4.69, 9.17) is 25.7 Å². The fourth-order valence-corrected chi connectivity index (χ4v) is 4.60. The SMILES string of the molecule is C.C.C.C.C.C.CCC(=O)OCCCCC(CSCC(N)C(=O)CC(CO)C(=O)CCCOCCC(=O)CCC(N)=O)OC(=O)CC. The summed E-state index contributed by atoms with van der Waals surface area (Å²) in [6, 6.07) is -0.840. The van der Waals surface area contributed by atoms with Crippen LogP contribution in [0.2, 0.25) is 0 Å². The minimum absolute atomic E-state index is 0. The Morgan fingerprint density at radius 3 is 1.89 bits per heavy atom. The highest BCUT2D eigenvalue weighted by Crippen LogP contribution is 2.16. The molecule has 0 radical (unpaired) electrons. The third-order valence-corrected chi connectivity index (χ3v) is 7.29. The van der Waals surface area contributed by atoms with E-state index in [9.17, 15) is 33.9 Å². The normalized spacial score (nSPS) is 11.5. The number of unbranched alkanes of at least 4 members (excludes halogenated alkanes) is 1. The molecule has 0 spiro atoms. The first-order chi connectivity index (χ1) is 19.5. The molecular formula is C34H72N2O10S. The van der Waals surface area contributed by atoms with Crippen LogP contribution in [0.3, 0.4) is 0 Å². The molecule has 5 N–H and O–H groups in total. The molecule has 47 heavy (non-hydrogen) atoms. The average molecular weight is 701 g/mol. The lowest BCUT2D eigenvalue weighted by atomic mass is 9.93. The van der Waals surface area contributed by atoms with Gasteiger partial charge in [-0.1, -0.05) is 58.4 Å². The number of hydrogen-bond donors (Lipinski definition) is 3. The number of ether oxygens (including phenoxy) is 3. The minimum Gasteiger partial charge on any atom is -0.466 e. The summed E-state index contributed by atoms with van der Waals surface area (Å²) in [6.45, 7) is 3.68. The van der Waals surface area contributed by atoms with Crippen molar-refractivity contribution >= 4 is 47.0 Å². The Morgan fingerprint density at radius 1 is 0.723 bits per heavy atom. The number of Topliss-reactive ketones (excluding diaryl/α,β-unsaturated/α-hetero) is 3. The maximum Gasteiger partial charge on any atom is 0.305 e. The molecule has 0 saturated carbocycles. The highest BCUT2D eigenvalue weighted by Gasteiger charge is 2.24. The number of hydrogen-bond acceptors (Lipinski definition) is 12. The molecule has 0 aromatic heterocycles. The van der Waals surface area contributed by atoms with E-state index >= 15 is 0 Å². The second kappa shape index (κ2) is 38.1. The van der Waals surface area contributed by atoms with Gasteiger partial charge in [0.25, 0.3) is 0 Å². The van der Waals surface area contributed by atoms with E-state index in [1.54, 1.807) is 13.8 Å². The summed E-state index contributed by atoms with van der Waals surface area (Å²) in [7, 11) is 0. The van der Waals surface area contributed by atoms with E-state index in [1.807, 2.05) is 0 Å². The van der Waals surface area contributed by atoms with Crippen molar-refractivity contribution < 1.29 is 48.1 Å². The van der Waals surface area contributed by atoms with Crippen LogP contribution in [0, 0.1) is 5.92 Å². The summed E-state index contributed by atoms with van der Waals surface area (Å²) in [5, 5.41) is 9.64. The van der Waals surface area contributed by atoms with Crippen LogP contribution >= 0.6 is 11.8 Å². The third kappa shape index (κ3) is 33.3. The minimum atomic E-state index is -0.853. The van der Waals surface area contributed by atoms with Gasteiger partial charge in [-0.2, -0.15) is 11.8 Å². The van der Waals surface area contributed by atoms with Gasteiger partial charge in [0, 0.05) is 69.0 Å². The second-order valence-electron chi connectivity index (χ2n) is 9.67. The summed E-state index contributed by atoms with van der Waals surface area (Å²) >= 11 is 1.37. The lowest BCUT2D eigenvalue weighted by Gasteiger charge is -2.19. The number of primary amides is 1. The number of amides is 1. The Kier molecular flexibility index (Phi) is 48.7. The molecule has 1 amide bonds. The van der Waals surface area contributed by atoms with E-state index in [-0.39, 0.29) is 137 Å². The van der Waals surface area contributed by atoms with Crippen LogP contribution in [0.4, 0.5) is 0 Å². The zero-order chi connectivity index (χ0) is 31.0. The van der Waals surface area contributed by atoms with Crippen LogP contribution in [0.15, 0.2) is 0 Å². The summed E-state index contributed by atoms with van der Waals surface area (Å²) < 4.78 is 15.9. The van der Waals surface area contributed by atoms with E-state index in [1.165, 1.54) is 11.8 Å². The van der Waals surface area contributed by atoms with Crippen LogP contribution in [0.5, 0.6) is 0 Å². The first-order valence-electron chi connectivity index (χ1n) is 14.3. The number of thioether (sulfide) groups is 1. The zero-order valence-electron chi connectivity index (χ0n) is 24.4. The molecule has 0 aromatic rings. The zero-order valence-corrected chi connectivity index (χ0v) is 25.3. The number of esters is 2. The summed E-state index contributed by atoms with van der Waals surface area (Å²) in [5.74, 6) is -1.98. The van der Waals surface area contributed by atoms with Gasteiger partial charge >= 0.3 is 11.9 Å². The van der Waals surface area contributed by atoms with Crippen LogP contribution < -0.4 is 11.5 Å². The van der Waals surface area contributed by atoms with Gasteiger partial charge in [-0.3, -0.25) is 28.8 Å². The van der Waals surface area contributed by atoms with E-state index in [0.29, 0.717) is 44.5 Å². The molecule has 284 valence electrons. The Morgan fingerprint density at radius 2 is 1.34 bits per heavy atom. The second-order valence-corrected chi connectivity index (χ2v) is 10.7. The Labute approximate surface area is 291 Å². The predicted octanol–water partition coefficient (Wildman–Crippen LogP) is 5.47. The van der Waals surface area contributed by atoms with Crippen molar-refractivity contribution in [2.45, 2.75) is 141 Å². The molecule has 12 nitrogen and oxygen atoms in total. The molecule has 0 aliphatic heterocycles. The first-order valence-corrected chi connectivity index (χ1v) is 15.4. The van der Waals surface area contributed by atoms with Gasteiger partial charge in [-0.05, 0) is 25.7 Å². The Bertz CT molecular complexity index is 827. The van der Waals surface area contributed by atoms with Gasteiger partial charge in [0.05, 0.1) is 25.9 Å². The maximum atomic E-state index is 12.6. The average Bonchev–Trinajstić information content (AvgIpc) is 2.95.